The first-order valence-electron chi connectivity index (χ1n) is 9.89. The molecule has 0 saturated heterocycles. The largest absolute Gasteiger partial charge is 1.00 e. The number of halogens is 1. The topological polar surface area (TPSA) is 0 Å². The summed E-state index contributed by atoms with van der Waals surface area (Å²) in [5, 5.41) is 4.37. The Labute approximate surface area is 185 Å². The quantitative estimate of drug-likeness (QED) is 0.388. The molecule has 0 fully saturated rings. The maximum absolute atomic E-state index is 2.32. The maximum Gasteiger partial charge on any atom is 0.112 e. The molecule has 0 saturated carbocycles. The Morgan fingerprint density at radius 1 is 0.517 bits per heavy atom. The summed E-state index contributed by atoms with van der Waals surface area (Å²) in [5.41, 5.74) is 2.73. The molecule has 0 aliphatic rings. The van der Waals surface area contributed by atoms with Crippen LogP contribution >= 0.6 is 7.26 Å². The average Bonchev–Trinajstić information content (AvgIpc) is 2.78. The molecule has 0 aliphatic carbocycles. The normalized spacial score (nSPS) is 10.9. The summed E-state index contributed by atoms with van der Waals surface area (Å²) < 4.78 is 0. The number of hydrogen-bond donors (Lipinski definition) is 0. The Balaban J connectivity index is 0.00000240. The van der Waals surface area contributed by atoms with Gasteiger partial charge in [-0.25, -0.2) is 0 Å². The van der Waals surface area contributed by atoms with Crippen LogP contribution in [0.25, 0.3) is 0 Å². The van der Waals surface area contributed by atoms with Crippen molar-refractivity contribution in [2.24, 2.45) is 0 Å². The highest BCUT2D eigenvalue weighted by Gasteiger charge is 2.44. The molecule has 0 heterocycles. The number of aryl methyl sites for hydroxylation is 2. The van der Waals surface area contributed by atoms with Crippen LogP contribution in [-0.4, -0.2) is 6.16 Å². The fourth-order valence-corrected chi connectivity index (χ4v) is 8.24. The molecular weight excluding hydrogens is 435 g/mol. The van der Waals surface area contributed by atoms with Gasteiger partial charge in [-0.15, -0.1) is 0 Å². The van der Waals surface area contributed by atoms with Gasteiger partial charge in [0.15, 0.2) is 0 Å². The Morgan fingerprint density at radius 3 is 1.28 bits per heavy atom. The minimum atomic E-state index is -1.73. The second-order valence-corrected chi connectivity index (χ2v) is 10.9. The van der Waals surface area contributed by atoms with Gasteiger partial charge in [0.2, 0.25) is 0 Å². The van der Waals surface area contributed by atoms with E-state index in [0.717, 1.165) is 12.6 Å². The lowest BCUT2D eigenvalue weighted by Crippen LogP contribution is -3.00. The lowest BCUT2D eigenvalue weighted by atomic mass is 10.1. The summed E-state index contributed by atoms with van der Waals surface area (Å²) in [7, 11) is -1.73. The monoisotopic (exact) mass is 460 g/mol. The Hall–Kier alpha value is -2.21. The highest BCUT2D eigenvalue weighted by atomic mass is 79.9. The third-order valence-electron chi connectivity index (χ3n) is 5.45. The molecule has 0 aliphatic heterocycles. The lowest BCUT2D eigenvalue weighted by Gasteiger charge is -2.27. The minimum Gasteiger partial charge on any atom is -1.00 e. The van der Waals surface area contributed by atoms with E-state index in [9.17, 15) is 0 Å². The van der Waals surface area contributed by atoms with Crippen molar-refractivity contribution in [3.8, 4) is 0 Å². The van der Waals surface area contributed by atoms with Crippen molar-refractivity contribution >= 4 is 23.2 Å². The molecule has 4 aromatic carbocycles. The SMILES string of the molecule is Cc1ccc(CC[P+](c2ccccc2)(c2ccccc2)c2ccccc2)cc1.[Br-]. The average molecular weight is 461 g/mol. The van der Waals surface area contributed by atoms with Crippen LogP contribution in [0.3, 0.4) is 0 Å². The van der Waals surface area contributed by atoms with Crippen LogP contribution in [0.15, 0.2) is 115 Å². The van der Waals surface area contributed by atoms with Gasteiger partial charge in [-0.05, 0) is 48.9 Å². The van der Waals surface area contributed by atoms with Crippen molar-refractivity contribution < 1.29 is 17.0 Å². The summed E-state index contributed by atoms with van der Waals surface area (Å²) in [4.78, 5) is 0. The fraction of sp³-hybridized carbons (Fsp3) is 0.111. The first kappa shape index (κ1) is 21.5. The van der Waals surface area contributed by atoms with E-state index < -0.39 is 7.26 Å². The number of rotatable bonds is 6. The summed E-state index contributed by atoms with van der Waals surface area (Å²) >= 11 is 0. The molecule has 29 heavy (non-hydrogen) atoms. The molecule has 4 rings (SSSR count). The van der Waals surface area contributed by atoms with Gasteiger partial charge in [0.25, 0.3) is 0 Å². The van der Waals surface area contributed by atoms with Crippen molar-refractivity contribution in [2.45, 2.75) is 13.3 Å². The third-order valence-corrected chi connectivity index (χ3v) is 9.88. The van der Waals surface area contributed by atoms with E-state index in [2.05, 4.69) is 122 Å². The molecule has 0 N–H and O–H groups in total. The van der Waals surface area contributed by atoms with E-state index in [1.165, 1.54) is 27.0 Å². The third kappa shape index (κ3) is 4.69. The first-order valence-corrected chi connectivity index (χ1v) is 11.9. The number of hydrogen-bond acceptors (Lipinski definition) is 0. The molecule has 0 spiro atoms. The second kappa shape index (κ2) is 10.0. The Morgan fingerprint density at radius 2 is 0.897 bits per heavy atom. The van der Waals surface area contributed by atoms with E-state index in [1.807, 2.05) is 0 Å². The van der Waals surface area contributed by atoms with Gasteiger partial charge in [0, 0.05) is 6.42 Å². The highest BCUT2D eigenvalue weighted by Crippen LogP contribution is 2.55. The summed E-state index contributed by atoms with van der Waals surface area (Å²) in [5.74, 6) is 0. The molecule has 0 unspecified atom stereocenters. The van der Waals surface area contributed by atoms with E-state index >= 15 is 0 Å². The fourth-order valence-electron chi connectivity index (χ4n) is 3.93. The number of benzene rings is 4. The van der Waals surface area contributed by atoms with Gasteiger partial charge < -0.3 is 17.0 Å². The van der Waals surface area contributed by atoms with Crippen LogP contribution in [-0.2, 0) is 6.42 Å². The molecule has 0 bridgehead atoms. The molecule has 146 valence electrons. The van der Waals surface area contributed by atoms with Gasteiger partial charge >= 0.3 is 0 Å². The van der Waals surface area contributed by atoms with Crippen LogP contribution in [0.2, 0.25) is 0 Å². The smallest absolute Gasteiger partial charge is 0.112 e. The van der Waals surface area contributed by atoms with Crippen LogP contribution in [0.1, 0.15) is 11.1 Å². The van der Waals surface area contributed by atoms with E-state index in [4.69, 9.17) is 0 Å². The predicted octanol–water partition coefficient (Wildman–Crippen LogP) is 2.54. The van der Waals surface area contributed by atoms with Crippen LogP contribution in [0.5, 0.6) is 0 Å². The Bertz CT molecular complexity index is 900. The van der Waals surface area contributed by atoms with Crippen molar-refractivity contribution in [2.75, 3.05) is 6.16 Å². The first-order chi connectivity index (χ1) is 13.8. The zero-order chi connectivity index (χ0) is 19.2. The molecule has 2 heteroatoms. The molecule has 0 aromatic heterocycles. The lowest BCUT2D eigenvalue weighted by molar-refractivity contribution is -0.00000550. The van der Waals surface area contributed by atoms with Gasteiger partial charge in [-0.2, -0.15) is 0 Å². The second-order valence-electron chi connectivity index (χ2n) is 7.28. The summed E-state index contributed by atoms with van der Waals surface area (Å²) in [6, 6.07) is 42.4. The van der Waals surface area contributed by atoms with Crippen molar-refractivity contribution in [3.63, 3.8) is 0 Å². The minimum absolute atomic E-state index is 0. The van der Waals surface area contributed by atoms with Crippen LogP contribution in [0, 0.1) is 6.92 Å². The van der Waals surface area contributed by atoms with Gasteiger partial charge in [0.1, 0.15) is 23.2 Å². The zero-order valence-electron chi connectivity index (χ0n) is 16.7. The highest BCUT2D eigenvalue weighted by molar-refractivity contribution is 7.95. The molecule has 4 aromatic rings. The zero-order valence-corrected chi connectivity index (χ0v) is 19.2. The van der Waals surface area contributed by atoms with Gasteiger partial charge in [-0.1, -0.05) is 84.4 Å². The predicted molar refractivity (Wildman–Crippen MR) is 125 cm³/mol. The molecule has 0 radical (unpaired) electrons. The van der Waals surface area contributed by atoms with Gasteiger partial charge in [-0.3, -0.25) is 0 Å². The molecule has 0 amide bonds. The summed E-state index contributed by atoms with van der Waals surface area (Å²) in [6.45, 7) is 2.15. The standard InChI is InChI=1S/C27H26P.BrH/c1-23-17-19-24(20-18-23)21-22-28(25-11-5-2-6-12-25,26-13-7-3-8-14-26)27-15-9-4-10-16-27;/h2-20H,21-22H2,1H3;1H/q+1;/p-1. The maximum atomic E-state index is 2.32. The van der Waals surface area contributed by atoms with E-state index in [1.54, 1.807) is 0 Å². The Kier molecular flexibility index (Phi) is 7.42. The van der Waals surface area contributed by atoms with Crippen LogP contribution < -0.4 is 32.9 Å². The van der Waals surface area contributed by atoms with E-state index in [0.29, 0.717) is 0 Å². The molecular formula is C27H26BrP. The van der Waals surface area contributed by atoms with Crippen molar-refractivity contribution in [1.29, 1.82) is 0 Å². The van der Waals surface area contributed by atoms with E-state index in [-0.39, 0.29) is 17.0 Å². The molecule has 0 atom stereocenters. The van der Waals surface area contributed by atoms with Gasteiger partial charge in [0.05, 0.1) is 6.16 Å². The van der Waals surface area contributed by atoms with Crippen molar-refractivity contribution in [3.05, 3.63) is 126 Å². The van der Waals surface area contributed by atoms with Crippen LogP contribution in [0.4, 0.5) is 0 Å². The molecule has 0 nitrogen and oxygen atoms in total. The van der Waals surface area contributed by atoms with Crippen molar-refractivity contribution in [1.82, 2.24) is 0 Å². The summed E-state index contributed by atoms with van der Waals surface area (Å²) in [6.07, 6.45) is 2.21.